The monoisotopic (exact) mass is 130 g/mol. The molecule has 0 saturated heterocycles. The first-order valence-electron chi connectivity index (χ1n) is 3.32. The lowest BCUT2D eigenvalue weighted by atomic mass is 9.85. The molecule has 0 spiro atoms. The van der Waals surface area contributed by atoms with E-state index in [1.54, 1.807) is 0 Å². The van der Waals surface area contributed by atoms with Crippen molar-refractivity contribution in [2.45, 2.75) is 26.7 Å². The number of aldehydes is 1. The van der Waals surface area contributed by atoms with Crippen LogP contribution >= 0.6 is 0 Å². The minimum Gasteiger partial charge on any atom is -0.395 e. The standard InChI is InChI=1S/C7H14O2/c1-3-7(4-2,5-8)6-9/h5,9H,3-4,6H2,1-2H3. The second-order valence-electron chi connectivity index (χ2n) is 2.35. The third-order valence-corrected chi connectivity index (χ3v) is 1.97. The summed E-state index contributed by atoms with van der Waals surface area (Å²) in [6.45, 7) is 3.80. The maximum Gasteiger partial charge on any atom is 0.128 e. The lowest BCUT2D eigenvalue weighted by molar-refractivity contribution is -0.118. The van der Waals surface area contributed by atoms with E-state index in [0.717, 1.165) is 19.1 Å². The molecular formula is C7H14O2. The van der Waals surface area contributed by atoms with Crippen LogP contribution in [0, 0.1) is 5.41 Å². The predicted octanol–water partition coefficient (Wildman–Crippen LogP) is 0.984. The van der Waals surface area contributed by atoms with Crippen molar-refractivity contribution in [1.82, 2.24) is 0 Å². The average Bonchev–Trinajstić information content (AvgIpc) is 1.95. The molecule has 0 fully saturated rings. The second kappa shape index (κ2) is 3.62. The van der Waals surface area contributed by atoms with Crippen LogP contribution in [0.25, 0.3) is 0 Å². The van der Waals surface area contributed by atoms with Crippen molar-refractivity contribution in [1.29, 1.82) is 0 Å². The molecule has 0 aliphatic rings. The van der Waals surface area contributed by atoms with E-state index in [1.165, 1.54) is 0 Å². The van der Waals surface area contributed by atoms with Gasteiger partial charge in [-0.3, -0.25) is 0 Å². The number of carbonyl (C=O) groups is 1. The van der Waals surface area contributed by atoms with Crippen molar-refractivity contribution >= 4 is 6.29 Å². The quantitative estimate of drug-likeness (QED) is 0.576. The molecule has 0 radical (unpaired) electrons. The van der Waals surface area contributed by atoms with Crippen molar-refractivity contribution in [3.8, 4) is 0 Å². The molecule has 2 heteroatoms. The smallest absolute Gasteiger partial charge is 0.128 e. The van der Waals surface area contributed by atoms with Gasteiger partial charge in [-0.15, -0.1) is 0 Å². The van der Waals surface area contributed by atoms with Gasteiger partial charge in [0.1, 0.15) is 6.29 Å². The van der Waals surface area contributed by atoms with Gasteiger partial charge in [-0.1, -0.05) is 13.8 Å². The van der Waals surface area contributed by atoms with Gasteiger partial charge in [0, 0.05) is 5.41 Å². The van der Waals surface area contributed by atoms with E-state index in [-0.39, 0.29) is 6.61 Å². The number of carbonyl (C=O) groups excluding carboxylic acids is 1. The fraction of sp³-hybridized carbons (Fsp3) is 0.857. The highest BCUT2D eigenvalue weighted by atomic mass is 16.3. The fourth-order valence-corrected chi connectivity index (χ4v) is 0.678. The molecule has 0 unspecified atom stereocenters. The molecule has 0 aliphatic carbocycles. The normalized spacial score (nSPS) is 11.4. The summed E-state index contributed by atoms with van der Waals surface area (Å²) in [6, 6.07) is 0. The zero-order valence-corrected chi connectivity index (χ0v) is 6.05. The number of aliphatic hydroxyl groups is 1. The molecule has 9 heavy (non-hydrogen) atoms. The van der Waals surface area contributed by atoms with E-state index >= 15 is 0 Å². The Bertz CT molecular complexity index is 76.7. The summed E-state index contributed by atoms with van der Waals surface area (Å²) in [4.78, 5) is 10.4. The van der Waals surface area contributed by atoms with Crippen molar-refractivity contribution in [2.24, 2.45) is 5.41 Å². The van der Waals surface area contributed by atoms with Gasteiger partial charge in [-0.25, -0.2) is 0 Å². The number of hydrogen-bond donors (Lipinski definition) is 1. The first-order chi connectivity index (χ1) is 4.24. The summed E-state index contributed by atoms with van der Waals surface area (Å²) in [5.74, 6) is 0. The van der Waals surface area contributed by atoms with Crippen LogP contribution in [0.5, 0.6) is 0 Å². The van der Waals surface area contributed by atoms with Gasteiger partial charge in [0.25, 0.3) is 0 Å². The lowest BCUT2D eigenvalue weighted by Gasteiger charge is -2.20. The minimum absolute atomic E-state index is 0.0243. The van der Waals surface area contributed by atoms with Crippen LogP contribution in [0.15, 0.2) is 0 Å². The first-order valence-corrected chi connectivity index (χ1v) is 3.32. The molecule has 0 amide bonds. The molecule has 0 aliphatic heterocycles. The van der Waals surface area contributed by atoms with Gasteiger partial charge in [0.05, 0.1) is 6.61 Å². The molecule has 0 heterocycles. The predicted molar refractivity (Wildman–Crippen MR) is 36.2 cm³/mol. The van der Waals surface area contributed by atoms with E-state index < -0.39 is 5.41 Å². The van der Waals surface area contributed by atoms with Crippen LogP contribution < -0.4 is 0 Å². The molecule has 0 aromatic heterocycles. The van der Waals surface area contributed by atoms with Gasteiger partial charge in [0.2, 0.25) is 0 Å². The molecule has 0 atom stereocenters. The second-order valence-corrected chi connectivity index (χ2v) is 2.35. The number of rotatable bonds is 4. The van der Waals surface area contributed by atoms with Gasteiger partial charge in [0.15, 0.2) is 0 Å². The maximum atomic E-state index is 10.4. The molecule has 0 aromatic carbocycles. The lowest BCUT2D eigenvalue weighted by Crippen LogP contribution is -2.24. The highest BCUT2D eigenvalue weighted by molar-refractivity contribution is 5.59. The summed E-state index contributed by atoms with van der Waals surface area (Å²) in [5, 5.41) is 8.75. The van der Waals surface area contributed by atoms with Crippen LogP contribution in [0.2, 0.25) is 0 Å². The topological polar surface area (TPSA) is 37.3 Å². The van der Waals surface area contributed by atoms with Crippen molar-refractivity contribution in [3.05, 3.63) is 0 Å². The Kier molecular flexibility index (Phi) is 3.47. The number of hydrogen-bond acceptors (Lipinski definition) is 2. The highest BCUT2D eigenvalue weighted by Crippen LogP contribution is 2.21. The molecule has 0 saturated carbocycles. The van der Waals surface area contributed by atoms with Crippen molar-refractivity contribution in [2.75, 3.05) is 6.61 Å². The summed E-state index contributed by atoms with van der Waals surface area (Å²) < 4.78 is 0. The molecule has 1 N–H and O–H groups in total. The fourth-order valence-electron chi connectivity index (χ4n) is 0.678. The van der Waals surface area contributed by atoms with Crippen LogP contribution in [0.1, 0.15) is 26.7 Å². The van der Waals surface area contributed by atoms with E-state index in [0.29, 0.717) is 0 Å². The van der Waals surface area contributed by atoms with Crippen molar-refractivity contribution < 1.29 is 9.90 Å². The third kappa shape index (κ3) is 1.79. The molecule has 0 rings (SSSR count). The van der Waals surface area contributed by atoms with Gasteiger partial charge in [-0.2, -0.15) is 0 Å². The summed E-state index contributed by atoms with van der Waals surface area (Å²) >= 11 is 0. The average molecular weight is 130 g/mol. The van der Waals surface area contributed by atoms with Gasteiger partial charge in [-0.05, 0) is 12.8 Å². The largest absolute Gasteiger partial charge is 0.395 e. The van der Waals surface area contributed by atoms with Gasteiger partial charge >= 0.3 is 0 Å². The van der Waals surface area contributed by atoms with Crippen LogP contribution in [0.4, 0.5) is 0 Å². The van der Waals surface area contributed by atoms with Crippen molar-refractivity contribution in [3.63, 3.8) is 0 Å². The van der Waals surface area contributed by atoms with E-state index in [4.69, 9.17) is 5.11 Å². The first kappa shape index (κ1) is 8.63. The van der Waals surface area contributed by atoms with E-state index in [1.807, 2.05) is 13.8 Å². The molecule has 0 aromatic rings. The van der Waals surface area contributed by atoms with E-state index in [2.05, 4.69) is 0 Å². The maximum absolute atomic E-state index is 10.4. The summed E-state index contributed by atoms with van der Waals surface area (Å²) in [7, 11) is 0. The summed E-state index contributed by atoms with van der Waals surface area (Å²) in [6.07, 6.45) is 2.31. The Morgan fingerprint density at radius 1 is 1.44 bits per heavy atom. The third-order valence-electron chi connectivity index (χ3n) is 1.97. The molecule has 2 nitrogen and oxygen atoms in total. The minimum atomic E-state index is -0.458. The van der Waals surface area contributed by atoms with Gasteiger partial charge < -0.3 is 9.90 Å². The Balaban J connectivity index is 3.98. The van der Waals surface area contributed by atoms with E-state index in [9.17, 15) is 4.79 Å². The Morgan fingerprint density at radius 2 is 1.89 bits per heavy atom. The SMILES string of the molecule is CCC(C=O)(CC)CO. The Labute approximate surface area is 55.9 Å². The Morgan fingerprint density at radius 3 is 1.89 bits per heavy atom. The van der Waals surface area contributed by atoms with Crippen LogP contribution in [-0.2, 0) is 4.79 Å². The van der Waals surface area contributed by atoms with Crippen LogP contribution in [-0.4, -0.2) is 18.0 Å². The van der Waals surface area contributed by atoms with Crippen LogP contribution in [0.3, 0.4) is 0 Å². The summed E-state index contributed by atoms with van der Waals surface area (Å²) in [5.41, 5.74) is -0.458. The zero-order valence-electron chi connectivity index (χ0n) is 6.05. The molecule has 54 valence electrons. The molecular weight excluding hydrogens is 116 g/mol. The zero-order chi connectivity index (χ0) is 7.33. The highest BCUT2D eigenvalue weighted by Gasteiger charge is 2.23. The Hall–Kier alpha value is -0.370. The number of aliphatic hydroxyl groups excluding tert-OH is 1. The molecule has 0 bridgehead atoms.